The van der Waals surface area contributed by atoms with E-state index in [0.29, 0.717) is 5.25 Å². The zero-order chi connectivity index (χ0) is 13.9. The van der Waals surface area contributed by atoms with Gasteiger partial charge in [-0.25, -0.2) is 4.98 Å². The van der Waals surface area contributed by atoms with Gasteiger partial charge < -0.3 is 11.1 Å². The molecule has 0 saturated heterocycles. The first kappa shape index (κ1) is 14.8. The molecule has 0 aromatic carbocycles. The van der Waals surface area contributed by atoms with E-state index in [-0.39, 0.29) is 5.91 Å². The molecule has 19 heavy (non-hydrogen) atoms. The first-order valence-electron chi connectivity index (χ1n) is 6.69. The largest absolute Gasteiger partial charge is 0.368 e. The van der Waals surface area contributed by atoms with Crippen LogP contribution >= 0.6 is 23.1 Å². The lowest BCUT2D eigenvalue weighted by atomic mass is 9.80. The normalized spacial score (nSPS) is 27.4. The van der Waals surface area contributed by atoms with E-state index in [1.54, 1.807) is 23.1 Å². The van der Waals surface area contributed by atoms with Gasteiger partial charge in [0.25, 0.3) is 0 Å². The van der Waals surface area contributed by atoms with Crippen LogP contribution < -0.4 is 11.1 Å². The number of aromatic nitrogens is 1. The molecule has 0 bridgehead atoms. The Kier molecular flexibility index (Phi) is 4.86. The van der Waals surface area contributed by atoms with Crippen LogP contribution in [0.1, 0.15) is 38.3 Å². The number of hydrogen-bond donors (Lipinski definition) is 2. The second kappa shape index (κ2) is 6.24. The summed E-state index contributed by atoms with van der Waals surface area (Å²) in [5, 5.41) is 5.80. The maximum atomic E-state index is 11.8. The SMILES string of the molecule is CCNC1(C(N)=O)CCCC(Sc2nc(C)cs2)C1. The number of primary amides is 1. The number of hydrogen-bond acceptors (Lipinski definition) is 5. The van der Waals surface area contributed by atoms with E-state index in [1.165, 1.54) is 0 Å². The molecule has 1 heterocycles. The molecule has 3 N–H and O–H groups in total. The highest BCUT2D eigenvalue weighted by molar-refractivity contribution is 8.01. The molecule has 0 aliphatic heterocycles. The molecular formula is C13H21N3OS2. The average Bonchev–Trinajstić information content (AvgIpc) is 2.75. The standard InChI is InChI=1S/C13H21N3OS2/c1-3-15-13(11(14)17)6-4-5-10(7-13)19-12-16-9(2)8-18-12/h8,10,15H,3-7H2,1-2H3,(H2,14,17). The number of carbonyl (C=O) groups excluding carboxylic acids is 1. The lowest BCUT2D eigenvalue weighted by Crippen LogP contribution is -2.58. The summed E-state index contributed by atoms with van der Waals surface area (Å²) in [4.78, 5) is 16.3. The van der Waals surface area contributed by atoms with E-state index >= 15 is 0 Å². The minimum absolute atomic E-state index is 0.213. The molecule has 1 saturated carbocycles. The summed E-state index contributed by atoms with van der Waals surface area (Å²) in [6.07, 6.45) is 3.82. The van der Waals surface area contributed by atoms with Crippen LogP contribution in [-0.2, 0) is 4.79 Å². The van der Waals surface area contributed by atoms with Crippen LogP contribution in [0.25, 0.3) is 0 Å². The van der Waals surface area contributed by atoms with Gasteiger partial charge >= 0.3 is 0 Å². The Labute approximate surface area is 122 Å². The number of amides is 1. The second-order valence-corrected chi connectivity index (χ2v) is 7.47. The number of rotatable bonds is 5. The molecule has 4 nitrogen and oxygen atoms in total. The first-order chi connectivity index (χ1) is 9.05. The molecule has 6 heteroatoms. The molecule has 1 aliphatic rings. The highest BCUT2D eigenvalue weighted by atomic mass is 32.2. The fourth-order valence-electron chi connectivity index (χ4n) is 2.66. The number of nitrogens with zero attached hydrogens (tertiary/aromatic N) is 1. The van der Waals surface area contributed by atoms with Crippen molar-refractivity contribution >= 4 is 29.0 Å². The number of likely N-dealkylation sites (N-methyl/N-ethyl adjacent to an activating group) is 1. The molecule has 2 atom stereocenters. The summed E-state index contributed by atoms with van der Waals surface area (Å²) < 4.78 is 1.10. The number of thioether (sulfide) groups is 1. The van der Waals surface area contributed by atoms with E-state index in [2.05, 4.69) is 15.7 Å². The molecule has 1 aliphatic carbocycles. The molecule has 2 rings (SSSR count). The average molecular weight is 299 g/mol. The minimum atomic E-state index is -0.517. The lowest BCUT2D eigenvalue weighted by Gasteiger charge is -2.38. The Balaban J connectivity index is 2.05. The summed E-state index contributed by atoms with van der Waals surface area (Å²) in [7, 11) is 0. The second-order valence-electron chi connectivity index (χ2n) is 5.07. The van der Waals surface area contributed by atoms with Gasteiger partial charge in [-0.3, -0.25) is 4.79 Å². The van der Waals surface area contributed by atoms with Crippen LogP contribution in [0.4, 0.5) is 0 Å². The van der Waals surface area contributed by atoms with E-state index in [0.717, 1.165) is 42.3 Å². The molecule has 1 aromatic rings. The maximum absolute atomic E-state index is 11.8. The number of carbonyl (C=O) groups is 1. The van der Waals surface area contributed by atoms with Crippen LogP contribution in [0.5, 0.6) is 0 Å². The van der Waals surface area contributed by atoms with Crippen molar-refractivity contribution in [3.63, 3.8) is 0 Å². The zero-order valence-corrected chi connectivity index (χ0v) is 13.1. The van der Waals surface area contributed by atoms with Crippen LogP contribution in [0, 0.1) is 6.92 Å². The number of aryl methyl sites for hydroxylation is 1. The quantitative estimate of drug-likeness (QED) is 0.875. The predicted octanol–water partition coefficient (Wildman–Crippen LogP) is 2.32. The Morgan fingerprint density at radius 3 is 3.11 bits per heavy atom. The molecule has 0 spiro atoms. The van der Waals surface area contributed by atoms with Gasteiger partial charge in [0.05, 0.1) is 5.54 Å². The van der Waals surface area contributed by atoms with Crippen LogP contribution in [0.2, 0.25) is 0 Å². The summed E-state index contributed by atoms with van der Waals surface area (Å²) in [6, 6.07) is 0. The van der Waals surface area contributed by atoms with Crippen LogP contribution in [-0.4, -0.2) is 28.2 Å². The Morgan fingerprint density at radius 2 is 2.53 bits per heavy atom. The van der Waals surface area contributed by atoms with E-state index in [1.807, 2.05) is 13.8 Å². The molecule has 1 amide bonds. The monoisotopic (exact) mass is 299 g/mol. The molecular weight excluding hydrogens is 278 g/mol. The van der Waals surface area contributed by atoms with Crippen molar-refractivity contribution in [1.82, 2.24) is 10.3 Å². The summed E-state index contributed by atoms with van der Waals surface area (Å²) in [5.41, 5.74) is 6.17. The van der Waals surface area contributed by atoms with Gasteiger partial charge in [-0.05, 0) is 39.2 Å². The van der Waals surface area contributed by atoms with Gasteiger partial charge in [-0.2, -0.15) is 0 Å². The Hall–Kier alpha value is -0.590. The fourth-order valence-corrected chi connectivity index (χ4v) is 5.09. The first-order valence-corrected chi connectivity index (χ1v) is 8.45. The van der Waals surface area contributed by atoms with Crippen molar-refractivity contribution in [1.29, 1.82) is 0 Å². The van der Waals surface area contributed by atoms with Gasteiger partial charge in [-0.1, -0.05) is 18.7 Å². The fraction of sp³-hybridized carbons (Fsp3) is 0.692. The summed E-state index contributed by atoms with van der Waals surface area (Å²) in [6.45, 7) is 4.80. The third-order valence-electron chi connectivity index (χ3n) is 3.56. The van der Waals surface area contributed by atoms with Gasteiger partial charge in [0.15, 0.2) is 0 Å². The van der Waals surface area contributed by atoms with Crippen LogP contribution in [0.3, 0.4) is 0 Å². The smallest absolute Gasteiger partial charge is 0.237 e. The van der Waals surface area contributed by atoms with Crippen molar-refractivity contribution in [2.75, 3.05) is 6.54 Å². The predicted molar refractivity (Wildman–Crippen MR) is 80.6 cm³/mol. The minimum Gasteiger partial charge on any atom is -0.368 e. The number of thiazole rings is 1. The van der Waals surface area contributed by atoms with Crippen molar-refractivity contribution in [3.8, 4) is 0 Å². The summed E-state index contributed by atoms with van der Waals surface area (Å²) in [5.74, 6) is -0.213. The lowest BCUT2D eigenvalue weighted by molar-refractivity contribution is -0.125. The maximum Gasteiger partial charge on any atom is 0.237 e. The number of nitrogens with two attached hydrogens (primary N) is 1. The molecule has 106 valence electrons. The van der Waals surface area contributed by atoms with Gasteiger partial charge in [0.2, 0.25) is 5.91 Å². The van der Waals surface area contributed by atoms with E-state index in [4.69, 9.17) is 5.73 Å². The highest BCUT2D eigenvalue weighted by Crippen LogP contribution is 2.39. The third kappa shape index (κ3) is 3.49. The molecule has 0 radical (unpaired) electrons. The van der Waals surface area contributed by atoms with Gasteiger partial charge in [-0.15, -0.1) is 11.3 Å². The van der Waals surface area contributed by atoms with Crippen molar-refractivity contribution < 1.29 is 4.79 Å². The van der Waals surface area contributed by atoms with Crippen molar-refractivity contribution in [2.24, 2.45) is 5.73 Å². The molecule has 1 aromatic heterocycles. The molecule has 1 fully saturated rings. The van der Waals surface area contributed by atoms with Crippen LogP contribution in [0.15, 0.2) is 9.72 Å². The number of nitrogens with one attached hydrogen (secondary N) is 1. The Bertz CT molecular complexity index is 445. The van der Waals surface area contributed by atoms with Crippen molar-refractivity contribution in [2.45, 2.75) is 54.7 Å². The summed E-state index contributed by atoms with van der Waals surface area (Å²) >= 11 is 3.47. The zero-order valence-electron chi connectivity index (χ0n) is 11.4. The van der Waals surface area contributed by atoms with E-state index in [9.17, 15) is 4.79 Å². The van der Waals surface area contributed by atoms with Gasteiger partial charge in [0.1, 0.15) is 4.34 Å². The van der Waals surface area contributed by atoms with E-state index < -0.39 is 5.54 Å². The topological polar surface area (TPSA) is 68.0 Å². The molecule has 2 unspecified atom stereocenters. The van der Waals surface area contributed by atoms with Gasteiger partial charge in [0, 0.05) is 16.3 Å². The highest BCUT2D eigenvalue weighted by Gasteiger charge is 2.41. The Morgan fingerprint density at radius 1 is 1.74 bits per heavy atom. The third-order valence-corrected chi connectivity index (χ3v) is 5.92. The van der Waals surface area contributed by atoms with Crippen molar-refractivity contribution in [3.05, 3.63) is 11.1 Å².